The van der Waals surface area contributed by atoms with Crippen molar-refractivity contribution in [2.24, 2.45) is 0 Å². The molecule has 0 fully saturated rings. The number of ether oxygens (including phenoxy) is 1. The summed E-state index contributed by atoms with van der Waals surface area (Å²) in [6.45, 7) is 1.22. The van der Waals surface area contributed by atoms with Gasteiger partial charge in [-0.05, 0) is 12.1 Å². The van der Waals surface area contributed by atoms with Crippen molar-refractivity contribution in [3.63, 3.8) is 0 Å². The number of rotatable bonds is 2. The summed E-state index contributed by atoms with van der Waals surface area (Å²) in [6, 6.07) is 5.98. The summed E-state index contributed by atoms with van der Waals surface area (Å²) in [7, 11) is 0. The van der Waals surface area contributed by atoms with Gasteiger partial charge in [-0.1, -0.05) is 12.1 Å². The zero-order chi connectivity index (χ0) is 9.84. The number of carboxylic acids is 1. The summed E-state index contributed by atoms with van der Waals surface area (Å²) in [6.07, 6.45) is 0. The monoisotopic (exact) mass is 219 g/mol. The van der Waals surface area contributed by atoms with Crippen LogP contribution in [0.25, 0.3) is 0 Å². The Bertz CT molecular complexity index is 348. The van der Waals surface area contributed by atoms with Gasteiger partial charge in [0.15, 0.2) is 0 Å². The quantitative estimate of drug-likeness (QED) is 0.366. The molecule has 0 amide bonds. The van der Waals surface area contributed by atoms with Gasteiger partial charge in [-0.25, -0.2) is 4.79 Å². The SMILES string of the molecule is CC(=O)Oc1ccccc1C(=O)O.[K+]. The van der Waals surface area contributed by atoms with Crippen molar-refractivity contribution in [2.45, 2.75) is 6.92 Å². The smallest absolute Gasteiger partial charge is 0.478 e. The van der Waals surface area contributed by atoms with Crippen molar-refractivity contribution in [2.75, 3.05) is 0 Å². The van der Waals surface area contributed by atoms with E-state index in [1.54, 1.807) is 12.1 Å². The molecule has 0 spiro atoms. The summed E-state index contributed by atoms with van der Waals surface area (Å²) < 4.78 is 4.69. The van der Waals surface area contributed by atoms with Crippen LogP contribution in [0.3, 0.4) is 0 Å². The average molecular weight is 219 g/mol. The van der Waals surface area contributed by atoms with E-state index in [0.717, 1.165) is 0 Å². The van der Waals surface area contributed by atoms with Crippen molar-refractivity contribution in [1.82, 2.24) is 0 Å². The van der Waals surface area contributed by atoms with E-state index in [-0.39, 0.29) is 62.7 Å². The molecule has 0 aliphatic rings. The molecule has 0 radical (unpaired) electrons. The Kier molecular flexibility index (Phi) is 6.22. The summed E-state index contributed by atoms with van der Waals surface area (Å²) in [4.78, 5) is 21.2. The second-order valence-corrected chi connectivity index (χ2v) is 2.39. The Morgan fingerprint density at radius 3 is 2.36 bits per heavy atom. The maximum absolute atomic E-state index is 10.6. The van der Waals surface area contributed by atoms with Crippen LogP contribution in [0.4, 0.5) is 0 Å². The average Bonchev–Trinajstić information content (AvgIpc) is 2.03. The topological polar surface area (TPSA) is 63.6 Å². The molecule has 1 aromatic rings. The largest absolute Gasteiger partial charge is 1.00 e. The molecule has 0 aromatic heterocycles. The molecule has 0 aliphatic heterocycles. The molecule has 0 heterocycles. The molecule has 0 saturated carbocycles. The molecule has 0 bridgehead atoms. The minimum atomic E-state index is -1.11. The van der Waals surface area contributed by atoms with Gasteiger partial charge < -0.3 is 9.84 Å². The van der Waals surface area contributed by atoms with E-state index in [4.69, 9.17) is 5.11 Å². The van der Waals surface area contributed by atoms with Crippen LogP contribution in [0.2, 0.25) is 0 Å². The van der Waals surface area contributed by atoms with Crippen LogP contribution in [0.15, 0.2) is 24.3 Å². The van der Waals surface area contributed by atoms with E-state index in [0.29, 0.717) is 0 Å². The molecule has 1 aromatic carbocycles. The van der Waals surface area contributed by atoms with Crippen LogP contribution < -0.4 is 56.1 Å². The number of hydrogen-bond acceptors (Lipinski definition) is 3. The molecular weight excluding hydrogens is 211 g/mol. The number of aromatic carboxylic acids is 1. The van der Waals surface area contributed by atoms with Crippen LogP contribution in [0, 0.1) is 0 Å². The van der Waals surface area contributed by atoms with Gasteiger partial charge in [0, 0.05) is 6.92 Å². The summed E-state index contributed by atoms with van der Waals surface area (Å²) in [5.41, 5.74) is -0.0160. The number of esters is 1. The molecule has 14 heavy (non-hydrogen) atoms. The first-order chi connectivity index (χ1) is 6.11. The molecule has 0 unspecified atom stereocenters. The van der Waals surface area contributed by atoms with Gasteiger partial charge in [0.25, 0.3) is 0 Å². The summed E-state index contributed by atoms with van der Waals surface area (Å²) in [5, 5.41) is 8.69. The van der Waals surface area contributed by atoms with E-state index in [1.807, 2.05) is 0 Å². The summed E-state index contributed by atoms with van der Waals surface area (Å²) in [5.74, 6) is -1.58. The zero-order valence-corrected chi connectivity index (χ0v) is 11.1. The fourth-order valence-electron chi connectivity index (χ4n) is 0.887. The maximum atomic E-state index is 10.6. The molecule has 68 valence electrons. The Labute approximate surface area is 124 Å². The van der Waals surface area contributed by atoms with Gasteiger partial charge >= 0.3 is 63.3 Å². The van der Waals surface area contributed by atoms with Gasteiger partial charge in [0.1, 0.15) is 11.3 Å². The third-order valence-electron chi connectivity index (χ3n) is 1.37. The van der Waals surface area contributed by atoms with Crippen LogP contribution in [0.5, 0.6) is 5.75 Å². The molecule has 0 atom stereocenters. The van der Waals surface area contributed by atoms with Crippen LogP contribution in [0.1, 0.15) is 17.3 Å². The number of benzene rings is 1. The molecule has 1 N–H and O–H groups in total. The Hall–Kier alpha value is -0.204. The Morgan fingerprint density at radius 1 is 1.29 bits per heavy atom. The third-order valence-corrected chi connectivity index (χ3v) is 1.37. The fraction of sp³-hybridized carbons (Fsp3) is 0.111. The second-order valence-electron chi connectivity index (χ2n) is 2.39. The number of carboxylic acid groups (broad SMARTS) is 1. The molecule has 0 saturated heterocycles. The summed E-state index contributed by atoms with van der Waals surface area (Å²) >= 11 is 0. The number of hydrogen-bond donors (Lipinski definition) is 1. The standard InChI is InChI=1S/C9H8O4.K/c1-6(10)13-8-5-3-2-4-7(8)9(11)12;/h2-5H,1H3,(H,11,12);/q;+1. The first-order valence-corrected chi connectivity index (χ1v) is 3.62. The van der Waals surface area contributed by atoms with E-state index < -0.39 is 11.9 Å². The minimum absolute atomic E-state index is 0. The van der Waals surface area contributed by atoms with Gasteiger partial charge in [-0.2, -0.15) is 0 Å². The van der Waals surface area contributed by atoms with Crippen molar-refractivity contribution >= 4 is 11.9 Å². The van der Waals surface area contributed by atoms with Gasteiger partial charge in [0.05, 0.1) is 0 Å². The molecule has 4 nitrogen and oxygen atoms in total. The first-order valence-electron chi connectivity index (χ1n) is 3.62. The van der Waals surface area contributed by atoms with E-state index in [1.165, 1.54) is 19.1 Å². The third kappa shape index (κ3) is 3.89. The normalized spacial score (nSPS) is 8.64. The number of para-hydroxylation sites is 1. The van der Waals surface area contributed by atoms with Crippen molar-refractivity contribution < 1.29 is 70.8 Å². The predicted octanol–water partition coefficient (Wildman–Crippen LogP) is -1.69. The van der Waals surface area contributed by atoms with E-state index in [2.05, 4.69) is 4.74 Å². The van der Waals surface area contributed by atoms with Crippen LogP contribution in [-0.2, 0) is 4.79 Å². The number of carbonyl (C=O) groups is 2. The van der Waals surface area contributed by atoms with E-state index in [9.17, 15) is 9.59 Å². The van der Waals surface area contributed by atoms with Crippen molar-refractivity contribution in [3.8, 4) is 5.75 Å². The van der Waals surface area contributed by atoms with Crippen LogP contribution >= 0.6 is 0 Å². The van der Waals surface area contributed by atoms with Gasteiger partial charge in [-0.3, -0.25) is 4.79 Å². The van der Waals surface area contributed by atoms with Gasteiger partial charge in [-0.15, -0.1) is 0 Å². The van der Waals surface area contributed by atoms with Crippen molar-refractivity contribution in [1.29, 1.82) is 0 Å². The molecule has 1 rings (SSSR count). The second kappa shape index (κ2) is 6.31. The fourth-order valence-corrected chi connectivity index (χ4v) is 0.887. The Balaban J connectivity index is 0.00000169. The zero-order valence-electron chi connectivity index (χ0n) is 7.98. The first kappa shape index (κ1) is 13.8. The van der Waals surface area contributed by atoms with E-state index >= 15 is 0 Å². The van der Waals surface area contributed by atoms with Crippen molar-refractivity contribution in [3.05, 3.63) is 29.8 Å². The molecular formula is C9H8KO4+. The van der Waals surface area contributed by atoms with Gasteiger partial charge in [0.2, 0.25) is 0 Å². The maximum Gasteiger partial charge on any atom is 1.00 e. The number of carbonyl (C=O) groups excluding carboxylic acids is 1. The molecule has 0 aliphatic carbocycles. The predicted molar refractivity (Wildman–Crippen MR) is 44.7 cm³/mol. The molecule has 5 heteroatoms. The van der Waals surface area contributed by atoms with Crippen LogP contribution in [-0.4, -0.2) is 17.0 Å². The minimum Gasteiger partial charge on any atom is -0.478 e. The Morgan fingerprint density at radius 2 is 1.86 bits per heavy atom.